The number of phenolic OH excluding ortho intramolecular Hbond substituents is 2. The summed E-state index contributed by atoms with van der Waals surface area (Å²) in [6, 6.07) is 10.5. The lowest BCUT2D eigenvalue weighted by Gasteiger charge is -2.05. The number of rotatable bonds is 9. The summed E-state index contributed by atoms with van der Waals surface area (Å²) in [6.07, 6.45) is 4.70. The van der Waals surface area contributed by atoms with E-state index in [1.54, 1.807) is 24.3 Å². The third-order valence-corrected chi connectivity index (χ3v) is 4.07. The summed E-state index contributed by atoms with van der Waals surface area (Å²) in [7, 11) is 1.47. The highest BCUT2D eigenvalue weighted by atomic mass is 32.2. The Balaban J connectivity index is 1.74. The van der Waals surface area contributed by atoms with E-state index in [0.717, 1.165) is 4.90 Å². The zero-order chi connectivity index (χ0) is 18.8. The van der Waals surface area contributed by atoms with Crippen molar-refractivity contribution in [3.05, 3.63) is 47.5 Å². The molecule has 2 rings (SSSR count). The molecule has 0 aliphatic carbocycles. The van der Waals surface area contributed by atoms with Gasteiger partial charge in [-0.15, -0.1) is 11.8 Å². The fourth-order valence-electron chi connectivity index (χ4n) is 1.98. The highest BCUT2D eigenvalue weighted by Crippen LogP contribution is 2.29. The summed E-state index contributed by atoms with van der Waals surface area (Å²) in [5, 5.41) is 27.4. The molecule has 0 atom stereocenters. The molecule has 0 aromatic heterocycles. The summed E-state index contributed by atoms with van der Waals surface area (Å²) in [6.45, 7) is 0.357. The molecule has 0 spiro atoms. The number of methoxy groups -OCH3 is 1. The summed E-state index contributed by atoms with van der Waals surface area (Å²) in [4.78, 5) is 10.9. The number of ether oxygens (including phenoxy) is 1. The Morgan fingerprint density at radius 2 is 1.50 bits per heavy atom. The third kappa shape index (κ3) is 5.32. The summed E-state index contributed by atoms with van der Waals surface area (Å²) in [5.74, 6) is 0.530. The number of benzene rings is 2. The lowest BCUT2D eigenvalue weighted by atomic mass is 10.2. The van der Waals surface area contributed by atoms with Crippen LogP contribution in [0.15, 0.2) is 51.6 Å². The molecule has 0 bridgehead atoms. The van der Waals surface area contributed by atoms with Crippen molar-refractivity contribution in [2.75, 3.05) is 26.6 Å². The van der Waals surface area contributed by atoms with Crippen molar-refractivity contribution in [1.82, 2.24) is 0 Å². The predicted molar refractivity (Wildman–Crippen MR) is 102 cm³/mol. The maximum absolute atomic E-state index is 9.99. The number of para-hydroxylation sites is 2. The SMILES string of the molecule is COc1cccc(/C=N/OCCO/N=C/c2cccc(SC)c2O)c1O. The second-order valence-corrected chi connectivity index (χ2v) is 5.78. The van der Waals surface area contributed by atoms with Gasteiger partial charge in [0.25, 0.3) is 0 Å². The molecule has 2 aromatic rings. The normalized spacial score (nSPS) is 11.2. The number of thioether (sulfide) groups is 1. The summed E-state index contributed by atoms with van der Waals surface area (Å²) in [5.41, 5.74) is 1.05. The number of oxime groups is 2. The van der Waals surface area contributed by atoms with Gasteiger partial charge in [0.1, 0.15) is 5.75 Å². The van der Waals surface area contributed by atoms with Crippen LogP contribution in [0.2, 0.25) is 0 Å². The molecule has 2 N–H and O–H groups in total. The second-order valence-electron chi connectivity index (χ2n) is 4.93. The molecule has 0 amide bonds. The highest BCUT2D eigenvalue weighted by molar-refractivity contribution is 7.98. The van der Waals surface area contributed by atoms with Crippen LogP contribution in [0.1, 0.15) is 11.1 Å². The average molecular weight is 376 g/mol. The molecule has 138 valence electrons. The van der Waals surface area contributed by atoms with Crippen molar-refractivity contribution in [3.63, 3.8) is 0 Å². The van der Waals surface area contributed by atoms with E-state index in [1.807, 2.05) is 18.4 Å². The Morgan fingerprint density at radius 3 is 2.08 bits per heavy atom. The van der Waals surface area contributed by atoms with Crippen LogP contribution < -0.4 is 4.74 Å². The van der Waals surface area contributed by atoms with Gasteiger partial charge in [-0.2, -0.15) is 0 Å². The lowest BCUT2D eigenvalue weighted by Crippen LogP contribution is -1.98. The van der Waals surface area contributed by atoms with Crippen molar-refractivity contribution < 1.29 is 24.6 Å². The van der Waals surface area contributed by atoms with E-state index in [4.69, 9.17) is 14.4 Å². The monoisotopic (exact) mass is 376 g/mol. The minimum Gasteiger partial charge on any atom is -0.506 e. The van der Waals surface area contributed by atoms with E-state index >= 15 is 0 Å². The number of aromatic hydroxyl groups is 2. The van der Waals surface area contributed by atoms with E-state index in [9.17, 15) is 10.2 Å². The van der Waals surface area contributed by atoms with E-state index in [2.05, 4.69) is 10.3 Å². The Labute approximate surface area is 155 Å². The molecule has 2 aromatic carbocycles. The first-order valence-corrected chi connectivity index (χ1v) is 8.92. The van der Waals surface area contributed by atoms with E-state index in [0.29, 0.717) is 16.9 Å². The molecule has 0 heterocycles. The largest absolute Gasteiger partial charge is 0.506 e. The molecule has 26 heavy (non-hydrogen) atoms. The van der Waals surface area contributed by atoms with Gasteiger partial charge in [-0.1, -0.05) is 22.4 Å². The van der Waals surface area contributed by atoms with Crippen molar-refractivity contribution in [1.29, 1.82) is 0 Å². The van der Waals surface area contributed by atoms with Gasteiger partial charge in [0.15, 0.2) is 24.7 Å². The first-order valence-electron chi connectivity index (χ1n) is 7.70. The van der Waals surface area contributed by atoms with Crippen molar-refractivity contribution in [2.24, 2.45) is 10.3 Å². The smallest absolute Gasteiger partial charge is 0.166 e. The molecule has 0 fully saturated rings. The second kappa shape index (κ2) is 10.2. The third-order valence-electron chi connectivity index (χ3n) is 3.30. The first-order chi connectivity index (χ1) is 12.7. The molecule has 0 unspecified atom stereocenters. The van der Waals surface area contributed by atoms with Crippen molar-refractivity contribution >= 4 is 24.2 Å². The topological polar surface area (TPSA) is 92.9 Å². The molecule has 0 aliphatic rings. The summed E-state index contributed by atoms with van der Waals surface area (Å²) < 4.78 is 5.01. The number of phenols is 2. The minimum atomic E-state index is -0.00418. The van der Waals surface area contributed by atoms with Crippen LogP contribution in [-0.2, 0) is 9.68 Å². The molecule has 0 aliphatic heterocycles. The molecule has 0 radical (unpaired) electrons. The van der Waals surface area contributed by atoms with Gasteiger partial charge < -0.3 is 24.6 Å². The van der Waals surface area contributed by atoms with Crippen LogP contribution in [0, 0.1) is 0 Å². The molecule has 7 nitrogen and oxygen atoms in total. The maximum Gasteiger partial charge on any atom is 0.166 e. The average Bonchev–Trinajstić information content (AvgIpc) is 2.66. The van der Waals surface area contributed by atoms with Gasteiger partial charge in [0.05, 0.1) is 19.5 Å². The fraction of sp³-hybridized carbons (Fsp3) is 0.222. The van der Waals surface area contributed by atoms with Gasteiger partial charge >= 0.3 is 0 Å². The fourth-order valence-corrected chi connectivity index (χ4v) is 2.51. The van der Waals surface area contributed by atoms with Gasteiger partial charge in [-0.05, 0) is 30.5 Å². The molecule has 0 saturated heterocycles. The van der Waals surface area contributed by atoms with E-state index in [-0.39, 0.29) is 24.7 Å². The van der Waals surface area contributed by atoms with Gasteiger partial charge in [-0.25, -0.2) is 0 Å². The van der Waals surface area contributed by atoms with Crippen LogP contribution >= 0.6 is 11.8 Å². The number of hydrogen-bond donors (Lipinski definition) is 2. The van der Waals surface area contributed by atoms with Crippen LogP contribution in [0.5, 0.6) is 17.2 Å². The maximum atomic E-state index is 9.99. The van der Waals surface area contributed by atoms with Crippen LogP contribution in [-0.4, -0.2) is 49.2 Å². The van der Waals surface area contributed by atoms with Crippen LogP contribution in [0.25, 0.3) is 0 Å². The number of hydrogen-bond acceptors (Lipinski definition) is 8. The standard InChI is InChI=1S/C18H20N2O5S/c1-23-15-7-3-5-13(17(15)21)11-19-24-9-10-25-20-12-14-6-4-8-16(26-2)18(14)22/h3-8,11-12,21-22H,9-10H2,1-2H3/b19-11+,20-12+. The Morgan fingerprint density at radius 1 is 0.923 bits per heavy atom. The lowest BCUT2D eigenvalue weighted by molar-refractivity contribution is 0.0553. The van der Waals surface area contributed by atoms with E-state index in [1.165, 1.54) is 31.3 Å². The Bertz CT molecular complexity index is 715. The molecule has 8 heteroatoms. The molecular weight excluding hydrogens is 356 g/mol. The van der Waals surface area contributed by atoms with Crippen molar-refractivity contribution in [2.45, 2.75) is 4.90 Å². The minimum absolute atomic E-state index is 0.00418. The van der Waals surface area contributed by atoms with Crippen LogP contribution in [0.4, 0.5) is 0 Å². The van der Waals surface area contributed by atoms with Gasteiger partial charge in [-0.3, -0.25) is 0 Å². The summed E-state index contributed by atoms with van der Waals surface area (Å²) >= 11 is 1.45. The van der Waals surface area contributed by atoms with Gasteiger partial charge in [0.2, 0.25) is 0 Å². The quantitative estimate of drug-likeness (QED) is 0.302. The highest BCUT2D eigenvalue weighted by Gasteiger charge is 2.05. The van der Waals surface area contributed by atoms with Crippen LogP contribution in [0.3, 0.4) is 0 Å². The number of nitrogens with zero attached hydrogens (tertiary/aromatic N) is 2. The molecule has 0 saturated carbocycles. The van der Waals surface area contributed by atoms with Crippen molar-refractivity contribution in [3.8, 4) is 17.2 Å². The Kier molecular flexibility index (Phi) is 7.63. The Hall–Kier alpha value is -2.87. The molecular formula is C18H20N2O5S. The zero-order valence-corrected chi connectivity index (χ0v) is 15.3. The van der Waals surface area contributed by atoms with E-state index < -0.39 is 0 Å². The zero-order valence-electron chi connectivity index (χ0n) is 14.5. The first kappa shape index (κ1) is 19.5. The van der Waals surface area contributed by atoms with Gasteiger partial charge in [0, 0.05) is 16.0 Å². The predicted octanol–water partition coefficient (Wildman–Crippen LogP) is 3.23.